The number of hydrogen-bond donors (Lipinski definition) is 0. The summed E-state index contributed by atoms with van der Waals surface area (Å²) in [5.41, 5.74) is 2.02. The van der Waals surface area contributed by atoms with Crippen molar-refractivity contribution in [3.63, 3.8) is 0 Å². The standard InChI is InChI=1S/C15H11BrCl2O2/c16-15(11-3-2-10(17)8-12(11)18)9-1-4-13-14(7-9)20-6-5-19-13/h1-4,7-8,15H,5-6H2. The average molecular weight is 374 g/mol. The smallest absolute Gasteiger partial charge is 0.161 e. The van der Waals surface area contributed by atoms with Crippen LogP contribution < -0.4 is 9.47 Å². The molecule has 1 atom stereocenters. The first-order chi connectivity index (χ1) is 9.65. The summed E-state index contributed by atoms with van der Waals surface area (Å²) in [6.45, 7) is 1.16. The maximum Gasteiger partial charge on any atom is 0.161 e. The summed E-state index contributed by atoms with van der Waals surface area (Å²) in [5, 5.41) is 1.26. The fourth-order valence-electron chi connectivity index (χ4n) is 2.10. The Morgan fingerprint density at radius 2 is 1.70 bits per heavy atom. The van der Waals surface area contributed by atoms with Gasteiger partial charge in [0, 0.05) is 10.0 Å². The molecule has 0 spiro atoms. The molecule has 0 N–H and O–H groups in total. The first kappa shape index (κ1) is 14.1. The van der Waals surface area contributed by atoms with E-state index in [-0.39, 0.29) is 4.83 Å². The van der Waals surface area contributed by atoms with Gasteiger partial charge in [0.15, 0.2) is 11.5 Å². The Kier molecular flexibility index (Phi) is 4.11. The summed E-state index contributed by atoms with van der Waals surface area (Å²) in [7, 11) is 0. The lowest BCUT2D eigenvalue weighted by molar-refractivity contribution is 0.171. The van der Waals surface area contributed by atoms with Crippen molar-refractivity contribution in [2.24, 2.45) is 0 Å². The Bertz CT molecular complexity index is 646. The molecular formula is C15H11BrCl2O2. The third-order valence-electron chi connectivity index (χ3n) is 3.09. The van der Waals surface area contributed by atoms with Gasteiger partial charge in [-0.15, -0.1) is 0 Å². The molecule has 0 aliphatic carbocycles. The van der Waals surface area contributed by atoms with Gasteiger partial charge in [-0.3, -0.25) is 0 Å². The van der Waals surface area contributed by atoms with Crippen LogP contribution in [0.5, 0.6) is 11.5 Å². The predicted molar refractivity (Wildman–Crippen MR) is 84.7 cm³/mol. The lowest BCUT2D eigenvalue weighted by Gasteiger charge is -2.20. The summed E-state index contributed by atoms with van der Waals surface area (Å²) >= 11 is 15.8. The van der Waals surface area contributed by atoms with Crippen LogP contribution >= 0.6 is 39.1 Å². The highest BCUT2D eigenvalue weighted by Crippen LogP contribution is 2.40. The highest BCUT2D eigenvalue weighted by Gasteiger charge is 2.18. The maximum atomic E-state index is 6.25. The minimum atomic E-state index is -0.0249. The van der Waals surface area contributed by atoms with Crippen molar-refractivity contribution >= 4 is 39.1 Å². The molecule has 1 aliphatic heterocycles. The molecule has 0 saturated heterocycles. The molecule has 2 aromatic carbocycles. The molecule has 0 amide bonds. The van der Waals surface area contributed by atoms with E-state index in [0.29, 0.717) is 23.3 Å². The van der Waals surface area contributed by atoms with E-state index in [1.165, 1.54) is 0 Å². The Morgan fingerprint density at radius 1 is 0.950 bits per heavy atom. The number of alkyl halides is 1. The third-order valence-corrected chi connectivity index (χ3v) is 4.68. The molecule has 2 aromatic rings. The number of hydrogen-bond acceptors (Lipinski definition) is 2. The fourth-order valence-corrected chi connectivity index (χ4v) is 3.44. The SMILES string of the molecule is Clc1ccc(C(Br)c2ccc3c(c2)OCCO3)c(Cl)c1. The number of fused-ring (bicyclic) bond motifs is 1. The Hall–Kier alpha value is -0.900. The minimum Gasteiger partial charge on any atom is -0.486 e. The van der Waals surface area contributed by atoms with Gasteiger partial charge < -0.3 is 9.47 Å². The molecular weight excluding hydrogens is 363 g/mol. The van der Waals surface area contributed by atoms with E-state index in [1.54, 1.807) is 6.07 Å². The quantitative estimate of drug-likeness (QED) is 0.669. The number of rotatable bonds is 2. The van der Waals surface area contributed by atoms with Crippen molar-refractivity contribution in [3.8, 4) is 11.5 Å². The van der Waals surface area contributed by atoms with Crippen LogP contribution in [0.15, 0.2) is 36.4 Å². The van der Waals surface area contributed by atoms with Crippen LogP contribution in [0.2, 0.25) is 10.0 Å². The van der Waals surface area contributed by atoms with Gasteiger partial charge in [-0.05, 0) is 35.4 Å². The van der Waals surface area contributed by atoms with E-state index in [4.69, 9.17) is 32.7 Å². The molecule has 1 unspecified atom stereocenters. The van der Waals surface area contributed by atoms with Gasteiger partial charge in [0.05, 0.1) is 4.83 Å². The first-order valence-corrected chi connectivity index (χ1v) is 7.81. The van der Waals surface area contributed by atoms with Gasteiger partial charge in [-0.25, -0.2) is 0 Å². The third kappa shape index (κ3) is 2.76. The molecule has 3 rings (SSSR count). The lowest BCUT2D eigenvalue weighted by atomic mass is 10.0. The van der Waals surface area contributed by atoms with E-state index in [0.717, 1.165) is 22.6 Å². The van der Waals surface area contributed by atoms with Gasteiger partial charge in [0.25, 0.3) is 0 Å². The molecule has 0 fully saturated rings. The molecule has 1 aliphatic rings. The molecule has 0 aromatic heterocycles. The van der Waals surface area contributed by atoms with Gasteiger partial charge in [-0.1, -0.05) is 51.3 Å². The Labute approximate surface area is 135 Å². The second-order valence-corrected chi connectivity index (χ2v) is 6.19. The Balaban J connectivity index is 1.95. The van der Waals surface area contributed by atoms with Crippen molar-refractivity contribution in [1.29, 1.82) is 0 Å². The summed E-state index contributed by atoms with van der Waals surface area (Å²) < 4.78 is 11.1. The van der Waals surface area contributed by atoms with E-state index >= 15 is 0 Å². The summed E-state index contributed by atoms with van der Waals surface area (Å²) in [6.07, 6.45) is 0. The number of ether oxygens (including phenoxy) is 2. The molecule has 0 saturated carbocycles. The first-order valence-electron chi connectivity index (χ1n) is 6.14. The molecule has 20 heavy (non-hydrogen) atoms. The molecule has 2 nitrogen and oxygen atoms in total. The second kappa shape index (κ2) is 5.84. The average Bonchev–Trinajstić information content (AvgIpc) is 2.46. The van der Waals surface area contributed by atoms with Crippen LogP contribution in [-0.4, -0.2) is 13.2 Å². The van der Waals surface area contributed by atoms with Gasteiger partial charge >= 0.3 is 0 Å². The van der Waals surface area contributed by atoms with Crippen LogP contribution in [0.3, 0.4) is 0 Å². The molecule has 1 heterocycles. The zero-order valence-electron chi connectivity index (χ0n) is 10.4. The predicted octanol–water partition coefficient (Wildman–Crippen LogP) is 5.25. The number of halogens is 3. The summed E-state index contributed by atoms with van der Waals surface area (Å²) in [4.78, 5) is -0.0249. The monoisotopic (exact) mass is 372 g/mol. The van der Waals surface area contributed by atoms with Gasteiger partial charge in [0.1, 0.15) is 13.2 Å². The molecule has 104 valence electrons. The molecule has 5 heteroatoms. The van der Waals surface area contributed by atoms with E-state index in [1.807, 2.05) is 30.3 Å². The number of benzene rings is 2. The lowest BCUT2D eigenvalue weighted by Crippen LogP contribution is -2.15. The summed E-state index contributed by atoms with van der Waals surface area (Å²) in [6, 6.07) is 11.4. The van der Waals surface area contributed by atoms with Crippen molar-refractivity contribution in [3.05, 3.63) is 57.6 Å². The van der Waals surface area contributed by atoms with Crippen molar-refractivity contribution in [2.45, 2.75) is 4.83 Å². The van der Waals surface area contributed by atoms with Crippen molar-refractivity contribution in [1.82, 2.24) is 0 Å². The van der Waals surface area contributed by atoms with Crippen LogP contribution in [0.1, 0.15) is 16.0 Å². The maximum absolute atomic E-state index is 6.25. The molecule has 0 bridgehead atoms. The van der Waals surface area contributed by atoms with E-state index in [9.17, 15) is 0 Å². The minimum absolute atomic E-state index is 0.0249. The highest BCUT2D eigenvalue weighted by molar-refractivity contribution is 9.09. The van der Waals surface area contributed by atoms with E-state index in [2.05, 4.69) is 15.9 Å². The highest BCUT2D eigenvalue weighted by atomic mass is 79.9. The van der Waals surface area contributed by atoms with Crippen molar-refractivity contribution < 1.29 is 9.47 Å². The normalized spacial score (nSPS) is 14.9. The summed E-state index contributed by atoms with van der Waals surface area (Å²) in [5.74, 6) is 1.55. The van der Waals surface area contributed by atoms with E-state index < -0.39 is 0 Å². The van der Waals surface area contributed by atoms with Crippen LogP contribution in [0, 0.1) is 0 Å². The molecule has 0 radical (unpaired) electrons. The zero-order valence-corrected chi connectivity index (χ0v) is 13.5. The fraction of sp³-hybridized carbons (Fsp3) is 0.200. The topological polar surface area (TPSA) is 18.5 Å². The van der Waals surface area contributed by atoms with Crippen molar-refractivity contribution in [2.75, 3.05) is 13.2 Å². The van der Waals surface area contributed by atoms with Crippen LogP contribution in [-0.2, 0) is 0 Å². The van der Waals surface area contributed by atoms with Gasteiger partial charge in [0.2, 0.25) is 0 Å². The van der Waals surface area contributed by atoms with Crippen LogP contribution in [0.4, 0.5) is 0 Å². The largest absolute Gasteiger partial charge is 0.486 e. The Morgan fingerprint density at radius 3 is 2.45 bits per heavy atom. The van der Waals surface area contributed by atoms with Crippen LogP contribution in [0.25, 0.3) is 0 Å². The second-order valence-electron chi connectivity index (χ2n) is 4.43. The zero-order chi connectivity index (χ0) is 14.1. The van der Waals surface area contributed by atoms with Gasteiger partial charge in [-0.2, -0.15) is 0 Å².